The third-order valence-electron chi connectivity index (χ3n) is 7.12. The minimum absolute atomic E-state index is 0.154. The number of rotatable bonds is 9. The van der Waals surface area contributed by atoms with E-state index < -0.39 is 5.82 Å². The number of nitrogen functional groups attached to an aromatic ring is 1. The van der Waals surface area contributed by atoms with E-state index in [-0.39, 0.29) is 17.7 Å². The Morgan fingerprint density at radius 2 is 1.94 bits per heavy atom. The van der Waals surface area contributed by atoms with Crippen LogP contribution in [-0.4, -0.2) is 47.2 Å². The number of anilines is 4. The number of methoxy groups -OCH3 is 1. The third kappa shape index (κ3) is 6.05. The van der Waals surface area contributed by atoms with Crippen LogP contribution >= 0.6 is 0 Å². The van der Waals surface area contributed by atoms with Crippen molar-refractivity contribution in [2.24, 2.45) is 5.92 Å². The predicted octanol–water partition coefficient (Wildman–Crippen LogP) is 4.65. The van der Waals surface area contributed by atoms with E-state index in [2.05, 4.69) is 32.4 Å². The van der Waals surface area contributed by atoms with Crippen LogP contribution in [0.2, 0.25) is 0 Å². The molecule has 2 atom stereocenters. The first kappa shape index (κ1) is 24.4. The van der Waals surface area contributed by atoms with E-state index in [1.807, 2.05) is 0 Å². The second-order valence-corrected chi connectivity index (χ2v) is 9.48. The molecule has 8 nitrogen and oxygen atoms in total. The van der Waals surface area contributed by atoms with Crippen molar-refractivity contribution < 1.29 is 9.13 Å². The highest BCUT2D eigenvalue weighted by Crippen LogP contribution is 2.30. The fraction of sp³-hybridized carbons (Fsp3) is 0.640. The summed E-state index contributed by atoms with van der Waals surface area (Å²) in [4.78, 5) is 16.0. The van der Waals surface area contributed by atoms with Gasteiger partial charge in [0.25, 0.3) is 0 Å². The fourth-order valence-electron chi connectivity index (χ4n) is 5.38. The average Bonchev–Trinajstić information content (AvgIpc) is 2.85. The fourth-order valence-corrected chi connectivity index (χ4v) is 5.38. The maximum absolute atomic E-state index is 14.2. The van der Waals surface area contributed by atoms with Gasteiger partial charge in [0.1, 0.15) is 0 Å². The zero-order valence-electron chi connectivity index (χ0n) is 20.4. The molecule has 0 bridgehead atoms. The van der Waals surface area contributed by atoms with Crippen molar-refractivity contribution in [1.82, 2.24) is 20.3 Å². The molecular weight excluding hydrogens is 433 g/mol. The van der Waals surface area contributed by atoms with Crippen LogP contribution < -0.4 is 26.0 Å². The van der Waals surface area contributed by atoms with Crippen LogP contribution in [0, 0.1) is 11.7 Å². The van der Waals surface area contributed by atoms with E-state index in [4.69, 9.17) is 15.5 Å². The largest absolute Gasteiger partial charge is 0.494 e. The normalized spacial score (nSPS) is 20.0. The average molecular weight is 472 g/mol. The SMILES string of the molecule is CCC(C1CCCCN1)N(CC1CCCCC1)c1nc(N)nc(Nc2ccc(OC)c(F)c2)n1. The molecule has 2 aliphatic rings. The first-order valence-electron chi connectivity index (χ1n) is 12.7. The molecule has 2 heterocycles. The predicted molar refractivity (Wildman–Crippen MR) is 134 cm³/mol. The molecule has 1 saturated carbocycles. The Morgan fingerprint density at radius 3 is 2.62 bits per heavy atom. The molecule has 186 valence electrons. The summed E-state index contributed by atoms with van der Waals surface area (Å²) in [7, 11) is 1.44. The number of benzene rings is 1. The van der Waals surface area contributed by atoms with Crippen molar-refractivity contribution in [2.75, 3.05) is 36.1 Å². The van der Waals surface area contributed by atoms with E-state index in [1.54, 1.807) is 12.1 Å². The zero-order valence-corrected chi connectivity index (χ0v) is 20.4. The number of hydrogen-bond acceptors (Lipinski definition) is 8. The second-order valence-electron chi connectivity index (χ2n) is 9.48. The van der Waals surface area contributed by atoms with Crippen molar-refractivity contribution in [2.45, 2.75) is 76.8 Å². The van der Waals surface area contributed by atoms with Crippen molar-refractivity contribution in [3.8, 4) is 5.75 Å². The van der Waals surface area contributed by atoms with Gasteiger partial charge in [0.15, 0.2) is 11.6 Å². The first-order chi connectivity index (χ1) is 16.6. The Bertz CT molecular complexity index is 931. The van der Waals surface area contributed by atoms with Gasteiger partial charge in [-0.3, -0.25) is 0 Å². The van der Waals surface area contributed by atoms with Crippen LogP contribution in [0.1, 0.15) is 64.7 Å². The topological polar surface area (TPSA) is 101 Å². The third-order valence-corrected chi connectivity index (χ3v) is 7.12. The van der Waals surface area contributed by atoms with Gasteiger partial charge in [-0.25, -0.2) is 4.39 Å². The Hall–Kier alpha value is -2.68. The lowest BCUT2D eigenvalue weighted by molar-refractivity contribution is 0.299. The van der Waals surface area contributed by atoms with E-state index >= 15 is 0 Å². The number of hydrogen-bond donors (Lipinski definition) is 3. The molecule has 1 aliphatic carbocycles. The molecule has 1 aromatic carbocycles. The van der Waals surface area contributed by atoms with Crippen molar-refractivity contribution >= 4 is 23.5 Å². The lowest BCUT2D eigenvalue weighted by Gasteiger charge is -2.41. The van der Waals surface area contributed by atoms with Crippen LogP contribution in [0.5, 0.6) is 5.75 Å². The molecule has 2 fully saturated rings. The van der Waals surface area contributed by atoms with Crippen LogP contribution in [0.25, 0.3) is 0 Å². The number of ether oxygens (including phenoxy) is 1. The molecular formula is C25H38FN7O. The number of nitrogens with one attached hydrogen (secondary N) is 2. The smallest absolute Gasteiger partial charge is 0.233 e. The molecule has 34 heavy (non-hydrogen) atoms. The summed E-state index contributed by atoms with van der Waals surface area (Å²) in [5.41, 5.74) is 6.66. The van der Waals surface area contributed by atoms with Crippen LogP contribution in [0.3, 0.4) is 0 Å². The Balaban J connectivity index is 1.62. The standard InChI is InChI=1S/C25H38FN7O/c1-3-21(20-11-7-8-14-28-20)33(16-17-9-5-4-6-10-17)25-31-23(27)30-24(32-25)29-18-12-13-22(34-2)19(26)15-18/h12-13,15,17,20-21,28H,3-11,14,16H2,1-2H3,(H3,27,29,30,31,32). The summed E-state index contributed by atoms with van der Waals surface area (Å²) in [6, 6.07) is 5.32. The number of halogens is 1. The van der Waals surface area contributed by atoms with Gasteiger partial charge in [-0.05, 0) is 56.7 Å². The maximum Gasteiger partial charge on any atom is 0.233 e. The molecule has 4 rings (SSSR count). The summed E-state index contributed by atoms with van der Waals surface area (Å²) >= 11 is 0. The maximum atomic E-state index is 14.2. The van der Waals surface area contributed by atoms with Gasteiger partial charge in [-0.1, -0.05) is 32.6 Å². The summed E-state index contributed by atoms with van der Waals surface area (Å²) < 4.78 is 19.2. The lowest BCUT2D eigenvalue weighted by atomic mass is 9.87. The lowest BCUT2D eigenvalue weighted by Crippen LogP contribution is -2.53. The Kier molecular flexibility index (Phi) is 8.37. The van der Waals surface area contributed by atoms with Gasteiger partial charge in [0.05, 0.1) is 7.11 Å². The Morgan fingerprint density at radius 1 is 1.15 bits per heavy atom. The molecule has 2 unspecified atom stereocenters. The highest BCUT2D eigenvalue weighted by Gasteiger charge is 2.31. The van der Waals surface area contributed by atoms with E-state index in [0.29, 0.717) is 29.5 Å². The highest BCUT2D eigenvalue weighted by molar-refractivity contribution is 5.57. The minimum Gasteiger partial charge on any atom is -0.494 e. The molecule has 4 N–H and O–H groups in total. The van der Waals surface area contributed by atoms with Crippen molar-refractivity contribution in [3.05, 3.63) is 24.0 Å². The van der Waals surface area contributed by atoms with Gasteiger partial charge >= 0.3 is 0 Å². The van der Waals surface area contributed by atoms with E-state index in [9.17, 15) is 4.39 Å². The quantitative estimate of drug-likeness (QED) is 0.486. The molecule has 0 spiro atoms. The number of aromatic nitrogens is 3. The van der Waals surface area contributed by atoms with Gasteiger partial charge in [-0.15, -0.1) is 0 Å². The molecule has 9 heteroatoms. The van der Waals surface area contributed by atoms with Gasteiger partial charge < -0.3 is 26.0 Å². The zero-order chi connectivity index (χ0) is 23.9. The molecule has 0 amide bonds. The molecule has 0 radical (unpaired) electrons. The number of nitrogens with two attached hydrogens (primary N) is 1. The molecule has 1 saturated heterocycles. The summed E-state index contributed by atoms with van der Waals surface area (Å²) in [5, 5.41) is 6.82. The molecule has 1 aliphatic heterocycles. The van der Waals surface area contributed by atoms with Crippen LogP contribution in [-0.2, 0) is 0 Å². The molecule has 1 aromatic heterocycles. The van der Waals surface area contributed by atoms with E-state index in [0.717, 1.165) is 25.9 Å². The summed E-state index contributed by atoms with van der Waals surface area (Å²) in [5.74, 6) is 1.41. The van der Waals surface area contributed by atoms with Crippen LogP contribution in [0.15, 0.2) is 18.2 Å². The van der Waals surface area contributed by atoms with Crippen LogP contribution in [0.4, 0.5) is 27.9 Å². The monoisotopic (exact) mass is 471 g/mol. The van der Waals surface area contributed by atoms with Gasteiger partial charge in [0.2, 0.25) is 17.8 Å². The first-order valence-corrected chi connectivity index (χ1v) is 12.7. The van der Waals surface area contributed by atoms with Gasteiger partial charge in [-0.2, -0.15) is 15.0 Å². The summed E-state index contributed by atoms with van der Waals surface area (Å²) in [6.45, 7) is 4.20. The summed E-state index contributed by atoms with van der Waals surface area (Å²) in [6.07, 6.45) is 11.0. The number of nitrogens with zero attached hydrogens (tertiary/aromatic N) is 4. The highest BCUT2D eigenvalue weighted by atomic mass is 19.1. The van der Waals surface area contributed by atoms with Gasteiger partial charge in [0, 0.05) is 30.4 Å². The van der Waals surface area contributed by atoms with E-state index in [1.165, 1.54) is 58.1 Å². The Labute approximate surface area is 201 Å². The van der Waals surface area contributed by atoms with Crippen molar-refractivity contribution in [3.63, 3.8) is 0 Å². The minimum atomic E-state index is -0.455. The second kappa shape index (κ2) is 11.6. The number of piperidine rings is 1. The van der Waals surface area contributed by atoms with Crippen molar-refractivity contribution in [1.29, 1.82) is 0 Å². The molecule has 2 aromatic rings.